The molecule has 0 saturated carbocycles. The lowest BCUT2D eigenvalue weighted by molar-refractivity contribution is -0.131. The monoisotopic (exact) mass is 736 g/mol. The Morgan fingerprint density at radius 2 is 1.89 bits per heavy atom. The Kier molecular flexibility index (Phi) is 13.4. The molecule has 0 saturated heterocycles. The van der Waals surface area contributed by atoms with Crippen LogP contribution in [0.1, 0.15) is 80.4 Å². The van der Waals surface area contributed by atoms with Crippen molar-refractivity contribution in [3.63, 3.8) is 0 Å². The quantitative estimate of drug-likeness (QED) is 0.0351. The van der Waals surface area contributed by atoms with Crippen LogP contribution in [0.2, 0.25) is 0 Å². The number of hydrogen-bond acceptors (Lipinski definition) is 8. The van der Waals surface area contributed by atoms with Gasteiger partial charge in [-0.25, -0.2) is 9.79 Å². The normalized spacial score (nSPS) is 24.6. The van der Waals surface area contributed by atoms with Crippen LogP contribution >= 0.6 is 0 Å². The van der Waals surface area contributed by atoms with Crippen molar-refractivity contribution in [3.05, 3.63) is 94.5 Å². The minimum absolute atomic E-state index is 0.0137. The Balaban J connectivity index is 1.35. The molecule has 11 nitrogen and oxygen atoms in total. The van der Waals surface area contributed by atoms with Gasteiger partial charge in [0.1, 0.15) is 12.6 Å². The first-order valence-electron chi connectivity index (χ1n) is 19.5. The number of benzene rings is 2. The third kappa shape index (κ3) is 9.49. The summed E-state index contributed by atoms with van der Waals surface area (Å²) in [6.07, 6.45) is 18.1. The molecule has 0 unspecified atom stereocenters. The van der Waals surface area contributed by atoms with E-state index in [1.807, 2.05) is 18.2 Å². The number of fused-ring (bicyclic) bond motifs is 5. The molecule has 0 spiro atoms. The lowest BCUT2D eigenvalue weighted by Crippen LogP contribution is -2.49. The number of nitrogens with one attached hydrogen (secondary N) is 2. The zero-order valence-corrected chi connectivity index (χ0v) is 30.9. The van der Waals surface area contributed by atoms with Gasteiger partial charge in [0.2, 0.25) is 0 Å². The van der Waals surface area contributed by atoms with Crippen molar-refractivity contribution in [2.24, 2.45) is 34.4 Å². The topological polar surface area (TPSA) is 192 Å². The van der Waals surface area contributed by atoms with E-state index in [-0.39, 0.29) is 54.8 Å². The summed E-state index contributed by atoms with van der Waals surface area (Å²) in [6.45, 7) is -0.0609. The molecule has 2 bridgehead atoms. The number of carboxylic acids is 1. The van der Waals surface area contributed by atoms with Crippen molar-refractivity contribution in [1.29, 1.82) is 0 Å². The second-order valence-electron chi connectivity index (χ2n) is 15.3. The van der Waals surface area contributed by atoms with Crippen LogP contribution in [0.25, 0.3) is 16.1 Å². The standard InChI is InChI=1S/C43H54N5O6/c44-43-46-34(26-52)22-38(48-43)37(24-41(53)54)39(47-40-9-4-15-45-40)23-36-31-13-12-29(8-3-1-2-6-28(25-51)7-5-16-49)42(36)35-21-32-18-27(14-17-50)10-11-30(32)19-33(35)20-31/h4,9-13,15,17-19,21,24-25,28-29,31,34,36,38-39,42,45,49,52H,1-3,5-8,14,16,20,22-23,26H2,(H,53,54)(H3,44,46,48)/q-1/b37-24+/t28-,29-,31+,34+,36-,38-,39-,42-/m0/s1. The van der Waals surface area contributed by atoms with Crippen LogP contribution in [0.15, 0.2) is 77.5 Å². The zero-order chi connectivity index (χ0) is 38.0. The first kappa shape index (κ1) is 39.0. The fourth-order valence-electron chi connectivity index (χ4n) is 9.16. The van der Waals surface area contributed by atoms with E-state index in [1.165, 1.54) is 17.2 Å². The summed E-state index contributed by atoms with van der Waals surface area (Å²) in [5.74, 6) is 0.456. The fraction of sp³-hybridized carbons (Fsp3) is 0.488. The molecule has 8 atom stereocenters. The molecule has 0 amide bonds. The third-order valence-electron chi connectivity index (χ3n) is 11.7. The number of hydrogen-bond donors (Lipinski definition) is 6. The average molecular weight is 737 g/mol. The number of aliphatic hydroxyl groups is 2. The Bertz CT molecular complexity index is 1840. The maximum absolute atomic E-state index is 12.4. The van der Waals surface area contributed by atoms with Crippen LogP contribution in [-0.4, -0.2) is 76.1 Å². The van der Waals surface area contributed by atoms with E-state index in [2.05, 4.69) is 51.7 Å². The number of carbonyl (C=O) groups is 3. The minimum Gasteiger partial charge on any atom is -0.478 e. The summed E-state index contributed by atoms with van der Waals surface area (Å²) in [6, 6.07) is 13.2. The number of H-pyrrole nitrogens is 1. The molecule has 6 rings (SSSR count). The Morgan fingerprint density at radius 1 is 1.04 bits per heavy atom. The molecular weight excluding hydrogens is 683 g/mol. The van der Waals surface area contributed by atoms with E-state index >= 15 is 0 Å². The van der Waals surface area contributed by atoms with Gasteiger partial charge in [-0.2, -0.15) is 0 Å². The molecule has 1 aliphatic heterocycles. The van der Waals surface area contributed by atoms with Gasteiger partial charge >= 0.3 is 5.97 Å². The van der Waals surface area contributed by atoms with E-state index in [9.17, 15) is 29.7 Å². The van der Waals surface area contributed by atoms with Gasteiger partial charge in [-0.15, -0.1) is 0 Å². The van der Waals surface area contributed by atoms with Gasteiger partial charge in [-0.3, -0.25) is 0 Å². The number of aliphatic hydroxyl groups excluding tert-OH is 2. The number of aliphatic imine (C=N–C) groups is 1. The number of unbranched alkanes of at least 4 members (excludes halogenated alkanes) is 2. The van der Waals surface area contributed by atoms with Crippen LogP contribution in [-0.2, 0) is 27.2 Å². The molecule has 1 aromatic heterocycles. The number of nitrogens with zero attached hydrogens (tertiary/aromatic N) is 2. The van der Waals surface area contributed by atoms with Crippen molar-refractivity contribution in [2.45, 2.75) is 94.7 Å². The highest BCUT2D eigenvalue weighted by Crippen LogP contribution is 2.53. The van der Waals surface area contributed by atoms with Gasteiger partial charge in [0.25, 0.3) is 0 Å². The molecule has 54 heavy (non-hydrogen) atoms. The van der Waals surface area contributed by atoms with Crippen LogP contribution in [0.5, 0.6) is 0 Å². The number of aromatic amines is 1. The van der Waals surface area contributed by atoms with Gasteiger partial charge in [0.15, 0.2) is 5.96 Å². The SMILES string of the molecule is NC1=N[C@H](/C(=C\C(=O)O)[C@H](C[C@@H]2[C@@H]3c4cc5cc(CC=O)ccc5cc4C[C@H]2C=C[C@@H]3CCCCC[C@H](C=O)CCCO)[N-]c2ccc[nH]2)C[C@H](CO)N1. The predicted molar refractivity (Wildman–Crippen MR) is 211 cm³/mol. The van der Waals surface area contributed by atoms with Gasteiger partial charge in [0.05, 0.1) is 18.7 Å². The number of aldehydes is 2. The maximum atomic E-state index is 12.4. The summed E-state index contributed by atoms with van der Waals surface area (Å²) in [4.78, 5) is 43.3. The van der Waals surface area contributed by atoms with Crippen molar-refractivity contribution in [3.8, 4) is 0 Å². The Morgan fingerprint density at radius 3 is 2.63 bits per heavy atom. The molecule has 0 fully saturated rings. The van der Waals surface area contributed by atoms with Crippen molar-refractivity contribution in [2.75, 3.05) is 13.2 Å². The van der Waals surface area contributed by atoms with Crippen LogP contribution in [0, 0.1) is 23.7 Å². The maximum Gasteiger partial charge on any atom is 0.328 e. The zero-order valence-electron chi connectivity index (χ0n) is 30.9. The van der Waals surface area contributed by atoms with E-state index in [4.69, 9.17) is 11.1 Å². The van der Waals surface area contributed by atoms with Gasteiger partial charge in [0, 0.05) is 25.0 Å². The molecule has 2 heterocycles. The second-order valence-corrected chi connectivity index (χ2v) is 15.3. The lowest BCUT2D eigenvalue weighted by atomic mass is 9.58. The van der Waals surface area contributed by atoms with Crippen molar-refractivity contribution >= 4 is 41.1 Å². The summed E-state index contributed by atoms with van der Waals surface area (Å²) in [5, 5.41) is 39.9. The molecule has 0 radical (unpaired) electrons. The molecule has 11 heteroatoms. The number of carboxylic acid groups (broad SMARTS) is 1. The minimum atomic E-state index is -1.08. The molecule has 3 aliphatic rings. The van der Waals surface area contributed by atoms with Crippen LogP contribution in [0.4, 0.5) is 5.82 Å². The number of aliphatic carboxylic acids is 1. The Hall–Kier alpha value is -4.74. The van der Waals surface area contributed by atoms with Gasteiger partial charge in [-0.05, 0) is 108 Å². The summed E-state index contributed by atoms with van der Waals surface area (Å²) < 4.78 is 0. The number of carbonyl (C=O) groups excluding carboxylic acids is 2. The Labute approximate surface area is 317 Å². The highest BCUT2D eigenvalue weighted by Gasteiger charge is 2.43. The molecule has 288 valence electrons. The van der Waals surface area contributed by atoms with E-state index in [1.54, 1.807) is 6.20 Å². The molecule has 2 aromatic carbocycles. The average Bonchev–Trinajstić information content (AvgIpc) is 3.68. The van der Waals surface area contributed by atoms with Gasteiger partial charge < -0.3 is 46.3 Å². The molecule has 7 N–H and O–H groups in total. The first-order valence-corrected chi connectivity index (χ1v) is 19.5. The van der Waals surface area contributed by atoms with Crippen LogP contribution < -0.4 is 11.1 Å². The molecule has 2 aliphatic carbocycles. The fourth-order valence-corrected chi connectivity index (χ4v) is 9.16. The van der Waals surface area contributed by atoms with E-state index in [0.717, 1.165) is 73.9 Å². The molecular formula is C43H54N5O6-. The lowest BCUT2D eigenvalue weighted by Gasteiger charge is -2.48. The smallest absolute Gasteiger partial charge is 0.328 e. The number of guanidine groups is 1. The number of allylic oxidation sites excluding steroid dienone is 2. The highest BCUT2D eigenvalue weighted by molar-refractivity contribution is 5.86. The molecule has 3 aromatic rings. The summed E-state index contributed by atoms with van der Waals surface area (Å²) in [7, 11) is 0. The van der Waals surface area contributed by atoms with Crippen LogP contribution in [0.3, 0.4) is 0 Å². The number of rotatable bonds is 20. The number of nitrogens with two attached hydrogens (primary N) is 1. The first-order chi connectivity index (χ1) is 26.3. The van der Waals surface area contributed by atoms with E-state index < -0.39 is 18.1 Å². The largest absolute Gasteiger partial charge is 0.478 e. The summed E-state index contributed by atoms with van der Waals surface area (Å²) in [5.41, 5.74) is 10.3. The summed E-state index contributed by atoms with van der Waals surface area (Å²) >= 11 is 0. The predicted octanol–water partition coefficient (Wildman–Crippen LogP) is 6.02. The second kappa shape index (κ2) is 18.5. The van der Waals surface area contributed by atoms with Gasteiger partial charge in [-0.1, -0.05) is 85.9 Å². The highest BCUT2D eigenvalue weighted by atomic mass is 16.4. The van der Waals surface area contributed by atoms with E-state index in [0.29, 0.717) is 37.1 Å². The number of aromatic nitrogens is 1. The third-order valence-corrected chi connectivity index (χ3v) is 11.7. The van der Waals surface area contributed by atoms with Crippen molar-refractivity contribution in [1.82, 2.24) is 10.3 Å². The van der Waals surface area contributed by atoms with Crippen molar-refractivity contribution < 1.29 is 29.7 Å².